The number of methoxy groups -OCH3 is 1. The zero-order valence-electron chi connectivity index (χ0n) is 10.9. The van der Waals surface area contributed by atoms with Crippen LogP contribution in [-0.2, 0) is 4.74 Å². The number of rotatable bonds is 2. The van der Waals surface area contributed by atoms with Gasteiger partial charge in [0, 0.05) is 19.3 Å². The Kier molecular flexibility index (Phi) is 3.93. The zero-order valence-corrected chi connectivity index (χ0v) is 10.9. The van der Waals surface area contributed by atoms with E-state index in [2.05, 4.69) is 4.98 Å². The smallest absolute Gasteiger partial charge is 0.415 e. The number of pyridine rings is 1. The van der Waals surface area contributed by atoms with Gasteiger partial charge in [0.25, 0.3) is 0 Å². The second-order valence-electron chi connectivity index (χ2n) is 4.59. The first-order valence-corrected chi connectivity index (χ1v) is 5.30. The highest BCUT2D eigenvalue weighted by Gasteiger charge is 2.21. The highest BCUT2D eigenvalue weighted by molar-refractivity contribution is 5.86. The van der Waals surface area contributed by atoms with E-state index in [-0.39, 0.29) is 0 Å². The maximum atomic E-state index is 11.8. The van der Waals surface area contributed by atoms with Crippen molar-refractivity contribution >= 4 is 11.9 Å². The molecule has 0 aromatic carbocycles. The Morgan fingerprint density at radius 2 is 2.06 bits per heavy atom. The fourth-order valence-electron chi connectivity index (χ4n) is 1.13. The third kappa shape index (κ3) is 3.94. The molecule has 94 valence electrons. The molecule has 1 heterocycles. The van der Waals surface area contributed by atoms with Gasteiger partial charge in [-0.05, 0) is 26.8 Å². The Hall–Kier alpha value is -1.78. The van der Waals surface area contributed by atoms with Crippen LogP contribution in [0, 0.1) is 0 Å². The molecule has 5 heteroatoms. The molecule has 1 amide bonds. The van der Waals surface area contributed by atoms with Gasteiger partial charge in [-0.1, -0.05) is 0 Å². The molecule has 0 atom stereocenters. The quantitative estimate of drug-likeness (QED) is 0.794. The van der Waals surface area contributed by atoms with Crippen molar-refractivity contribution in [3.8, 4) is 5.75 Å². The predicted molar refractivity (Wildman–Crippen MR) is 65.4 cm³/mol. The SMILES string of the molecule is COc1ccnc(N(C)C(=O)OC(C)(C)C)c1. The van der Waals surface area contributed by atoms with E-state index >= 15 is 0 Å². The second kappa shape index (κ2) is 5.03. The molecule has 0 aliphatic carbocycles. The number of carbonyl (C=O) groups is 1. The summed E-state index contributed by atoms with van der Waals surface area (Å²) in [5.74, 6) is 1.13. The van der Waals surface area contributed by atoms with E-state index in [1.54, 1.807) is 32.5 Å². The second-order valence-corrected chi connectivity index (χ2v) is 4.59. The summed E-state index contributed by atoms with van der Waals surface area (Å²) in [4.78, 5) is 17.2. The van der Waals surface area contributed by atoms with Crippen LogP contribution >= 0.6 is 0 Å². The maximum Gasteiger partial charge on any atom is 0.415 e. The van der Waals surface area contributed by atoms with Crippen LogP contribution < -0.4 is 9.64 Å². The molecule has 0 bridgehead atoms. The Morgan fingerprint density at radius 1 is 1.41 bits per heavy atom. The van der Waals surface area contributed by atoms with E-state index in [9.17, 15) is 4.79 Å². The average Bonchev–Trinajstić information content (AvgIpc) is 2.26. The van der Waals surface area contributed by atoms with Crippen molar-refractivity contribution < 1.29 is 14.3 Å². The molecule has 5 nitrogen and oxygen atoms in total. The molecule has 0 spiro atoms. The van der Waals surface area contributed by atoms with Crippen molar-refractivity contribution in [2.45, 2.75) is 26.4 Å². The number of hydrogen-bond acceptors (Lipinski definition) is 4. The molecule has 0 aliphatic heterocycles. The van der Waals surface area contributed by atoms with Crippen molar-refractivity contribution in [1.82, 2.24) is 4.98 Å². The van der Waals surface area contributed by atoms with E-state index in [4.69, 9.17) is 9.47 Å². The van der Waals surface area contributed by atoms with Crippen LogP contribution in [0.1, 0.15) is 20.8 Å². The summed E-state index contributed by atoms with van der Waals surface area (Å²) in [6.07, 6.45) is 1.13. The Morgan fingerprint density at radius 3 is 2.59 bits per heavy atom. The van der Waals surface area contributed by atoms with Crippen LogP contribution in [0.2, 0.25) is 0 Å². The molecule has 17 heavy (non-hydrogen) atoms. The van der Waals surface area contributed by atoms with Crippen LogP contribution in [0.25, 0.3) is 0 Å². The minimum absolute atomic E-state index is 0.446. The van der Waals surface area contributed by atoms with Gasteiger partial charge in [-0.15, -0.1) is 0 Å². The lowest BCUT2D eigenvalue weighted by atomic mass is 10.2. The first kappa shape index (κ1) is 13.3. The lowest BCUT2D eigenvalue weighted by Gasteiger charge is -2.24. The Labute approximate surface area is 101 Å². The first-order valence-electron chi connectivity index (χ1n) is 5.30. The van der Waals surface area contributed by atoms with Gasteiger partial charge >= 0.3 is 6.09 Å². The predicted octanol–water partition coefficient (Wildman–Crippen LogP) is 2.46. The molecule has 0 N–H and O–H groups in total. The van der Waals surface area contributed by atoms with Gasteiger partial charge in [0.2, 0.25) is 0 Å². The molecular weight excluding hydrogens is 220 g/mol. The Balaban J connectivity index is 2.81. The van der Waals surface area contributed by atoms with Crippen LogP contribution in [-0.4, -0.2) is 30.8 Å². The molecule has 1 aromatic heterocycles. The summed E-state index contributed by atoms with van der Waals surface area (Å²) in [5.41, 5.74) is -0.524. The molecular formula is C12H18N2O3. The lowest BCUT2D eigenvalue weighted by Crippen LogP contribution is -2.34. The highest BCUT2D eigenvalue weighted by Crippen LogP contribution is 2.18. The van der Waals surface area contributed by atoms with Gasteiger partial charge in [0.1, 0.15) is 17.2 Å². The van der Waals surface area contributed by atoms with Crippen LogP contribution in [0.5, 0.6) is 5.75 Å². The monoisotopic (exact) mass is 238 g/mol. The molecule has 1 rings (SSSR count). The molecule has 0 unspecified atom stereocenters. The number of carbonyl (C=O) groups excluding carboxylic acids is 1. The van der Waals surface area contributed by atoms with Crippen molar-refractivity contribution in [1.29, 1.82) is 0 Å². The third-order valence-electron chi connectivity index (χ3n) is 1.96. The Bertz CT molecular complexity index is 399. The summed E-state index contributed by atoms with van der Waals surface area (Å²) in [6, 6.07) is 3.39. The molecule has 0 saturated carbocycles. The average molecular weight is 238 g/mol. The van der Waals surface area contributed by atoms with E-state index in [0.29, 0.717) is 11.6 Å². The van der Waals surface area contributed by atoms with Crippen LogP contribution in [0.15, 0.2) is 18.3 Å². The maximum absolute atomic E-state index is 11.8. The lowest BCUT2D eigenvalue weighted by molar-refractivity contribution is 0.0588. The zero-order chi connectivity index (χ0) is 13.1. The number of anilines is 1. The van der Waals surface area contributed by atoms with Crippen molar-refractivity contribution in [3.05, 3.63) is 18.3 Å². The fourth-order valence-corrected chi connectivity index (χ4v) is 1.13. The summed E-state index contributed by atoms with van der Waals surface area (Å²) in [6.45, 7) is 5.45. The van der Waals surface area contributed by atoms with Gasteiger partial charge in [-0.25, -0.2) is 9.78 Å². The summed E-state index contributed by atoms with van der Waals surface area (Å²) >= 11 is 0. The first-order chi connectivity index (χ1) is 7.83. The summed E-state index contributed by atoms with van der Waals surface area (Å²) < 4.78 is 10.3. The van der Waals surface area contributed by atoms with Crippen LogP contribution in [0.3, 0.4) is 0 Å². The number of nitrogens with zero attached hydrogens (tertiary/aromatic N) is 2. The van der Waals surface area contributed by atoms with E-state index in [1.807, 2.05) is 20.8 Å². The number of ether oxygens (including phenoxy) is 2. The summed E-state index contributed by atoms with van der Waals surface area (Å²) in [5, 5.41) is 0. The normalized spacial score (nSPS) is 10.9. The number of hydrogen-bond donors (Lipinski definition) is 0. The van der Waals surface area contributed by atoms with Crippen molar-refractivity contribution in [3.63, 3.8) is 0 Å². The van der Waals surface area contributed by atoms with E-state index in [1.165, 1.54) is 4.90 Å². The molecule has 1 aromatic rings. The van der Waals surface area contributed by atoms with E-state index < -0.39 is 11.7 Å². The van der Waals surface area contributed by atoms with Crippen LogP contribution in [0.4, 0.5) is 10.6 Å². The number of aromatic nitrogens is 1. The fraction of sp³-hybridized carbons (Fsp3) is 0.500. The van der Waals surface area contributed by atoms with Crippen molar-refractivity contribution in [2.24, 2.45) is 0 Å². The van der Waals surface area contributed by atoms with Gasteiger partial charge in [0.05, 0.1) is 7.11 Å². The minimum Gasteiger partial charge on any atom is -0.497 e. The molecule has 0 fully saturated rings. The van der Waals surface area contributed by atoms with Gasteiger partial charge < -0.3 is 9.47 Å². The standard InChI is InChI=1S/C12H18N2O3/c1-12(2,3)17-11(15)14(4)10-8-9(16-5)6-7-13-10/h6-8H,1-5H3. The van der Waals surface area contributed by atoms with Gasteiger partial charge in [-0.3, -0.25) is 4.90 Å². The van der Waals surface area contributed by atoms with Gasteiger partial charge in [-0.2, -0.15) is 0 Å². The molecule has 0 radical (unpaired) electrons. The topological polar surface area (TPSA) is 51.7 Å². The largest absolute Gasteiger partial charge is 0.497 e. The van der Waals surface area contributed by atoms with Crippen molar-refractivity contribution in [2.75, 3.05) is 19.1 Å². The third-order valence-corrected chi connectivity index (χ3v) is 1.96. The highest BCUT2D eigenvalue weighted by atomic mass is 16.6. The minimum atomic E-state index is -0.524. The molecule has 0 saturated heterocycles. The summed E-state index contributed by atoms with van der Waals surface area (Å²) in [7, 11) is 3.17. The number of amides is 1. The molecule has 0 aliphatic rings. The van der Waals surface area contributed by atoms with Gasteiger partial charge in [0.15, 0.2) is 0 Å². The van der Waals surface area contributed by atoms with E-state index in [0.717, 1.165) is 0 Å².